The second-order valence-electron chi connectivity index (χ2n) is 4.94. The number of hydrogen-bond donors (Lipinski definition) is 2. The van der Waals surface area contributed by atoms with E-state index in [9.17, 15) is 23.2 Å². The van der Waals surface area contributed by atoms with Crippen LogP contribution < -0.4 is 15.4 Å². The highest BCUT2D eigenvalue weighted by Gasteiger charge is 2.16. The average Bonchev–Trinajstić information content (AvgIpc) is 2.50. The first-order chi connectivity index (χ1) is 11.3. The maximum Gasteiger partial charge on any atom is 0.387 e. The highest BCUT2D eigenvalue weighted by Crippen LogP contribution is 2.19. The zero-order valence-electron chi connectivity index (χ0n) is 13.2. The van der Waals surface area contributed by atoms with Gasteiger partial charge in [-0.05, 0) is 26.0 Å². The van der Waals surface area contributed by atoms with Crippen LogP contribution in [0.4, 0.5) is 8.78 Å². The molecule has 24 heavy (non-hydrogen) atoms. The number of esters is 1. The lowest BCUT2D eigenvalue weighted by atomic mass is 10.2. The lowest BCUT2D eigenvalue weighted by Crippen LogP contribution is -2.36. The van der Waals surface area contributed by atoms with Crippen molar-refractivity contribution < 1.29 is 32.6 Å². The lowest BCUT2D eigenvalue weighted by Gasteiger charge is -2.11. The van der Waals surface area contributed by atoms with Crippen LogP contribution in [0.25, 0.3) is 0 Å². The second-order valence-corrected chi connectivity index (χ2v) is 4.94. The molecule has 0 saturated heterocycles. The fourth-order valence-electron chi connectivity index (χ4n) is 1.66. The monoisotopic (exact) mass is 344 g/mol. The van der Waals surface area contributed by atoms with Crippen LogP contribution in [-0.4, -0.2) is 43.6 Å². The molecule has 0 atom stereocenters. The van der Waals surface area contributed by atoms with E-state index in [4.69, 9.17) is 0 Å². The van der Waals surface area contributed by atoms with Gasteiger partial charge in [0.15, 0.2) is 6.61 Å². The van der Waals surface area contributed by atoms with E-state index < -0.39 is 37.5 Å². The van der Waals surface area contributed by atoms with E-state index in [-0.39, 0.29) is 17.4 Å². The Balaban J connectivity index is 2.49. The molecular formula is C15H18F2N2O5. The molecule has 0 bridgehead atoms. The van der Waals surface area contributed by atoms with Crippen LogP contribution in [0.2, 0.25) is 0 Å². The molecule has 0 aliphatic heterocycles. The van der Waals surface area contributed by atoms with Gasteiger partial charge < -0.3 is 20.1 Å². The standard InChI is InChI=1S/C15H18F2N2O5/c1-9(2)19-12(20)8-23-13(21)7-18-14(22)10-5-3-4-6-11(10)24-15(16)17/h3-6,9,15H,7-8H2,1-2H3,(H,18,22)(H,19,20). The summed E-state index contributed by atoms with van der Waals surface area (Å²) in [6.07, 6.45) is 0. The minimum Gasteiger partial charge on any atom is -0.454 e. The number of rotatable bonds is 8. The van der Waals surface area contributed by atoms with Crippen molar-refractivity contribution in [2.24, 2.45) is 0 Å². The van der Waals surface area contributed by atoms with Crippen molar-refractivity contribution in [2.45, 2.75) is 26.5 Å². The first kappa shape index (κ1) is 19.3. The Morgan fingerprint density at radius 2 is 1.83 bits per heavy atom. The zero-order chi connectivity index (χ0) is 18.1. The van der Waals surface area contributed by atoms with Crippen molar-refractivity contribution in [3.63, 3.8) is 0 Å². The molecule has 0 unspecified atom stereocenters. The van der Waals surface area contributed by atoms with E-state index in [0.29, 0.717) is 0 Å². The molecule has 1 aromatic carbocycles. The van der Waals surface area contributed by atoms with Crippen LogP contribution in [0, 0.1) is 0 Å². The zero-order valence-corrected chi connectivity index (χ0v) is 13.2. The van der Waals surface area contributed by atoms with Crippen LogP contribution in [0.15, 0.2) is 24.3 Å². The summed E-state index contributed by atoms with van der Waals surface area (Å²) < 4.78 is 33.5. The molecule has 0 fully saturated rings. The van der Waals surface area contributed by atoms with Crippen molar-refractivity contribution in [3.8, 4) is 5.75 Å². The number of benzene rings is 1. The van der Waals surface area contributed by atoms with E-state index in [1.54, 1.807) is 13.8 Å². The quantitative estimate of drug-likeness (QED) is 0.689. The molecule has 0 spiro atoms. The number of amides is 2. The van der Waals surface area contributed by atoms with Crippen LogP contribution in [0.1, 0.15) is 24.2 Å². The highest BCUT2D eigenvalue weighted by molar-refractivity contribution is 5.98. The second kappa shape index (κ2) is 9.43. The Hall–Kier alpha value is -2.71. The van der Waals surface area contributed by atoms with Gasteiger partial charge in [-0.1, -0.05) is 12.1 Å². The average molecular weight is 344 g/mol. The van der Waals surface area contributed by atoms with Crippen LogP contribution >= 0.6 is 0 Å². The van der Waals surface area contributed by atoms with Gasteiger partial charge in [-0.2, -0.15) is 8.78 Å². The van der Waals surface area contributed by atoms with E-state index >= 15 is 0 Å². The molecule has 0 heterocycles. The van der Waals surface area contributed by atoms with Gasteiger partial charge in [0.2, 0.25) is 0 Å². The van der Waals surface area contributed by atoms with Gasteiger partial charge in [0.25, 0.3) is 11.8 Å². The van der Waals surface area contributed by atoms with Gasteiger partial charge in [0.05, 0.1) is 5.56 Å². The summed E-state index contributed by atoms with van der Waals surface area (Å²) in [5.41, 5.74) is -0.150. The summed E-state index contributed by atoms with van der Waals surface area (Å²) in [7, 11) is 0. The molecular weight excluding hydrogens is 326 g/mol. The SMILES string of the molecule is CC(C)NC(=O)COC(=O)CNC(=O)c1ccccc1OC(F)F. The fourth-order valence-corrected chi connectivity index (χ4v) is 1.66. The Kier molecular flexibility index (Phi) is 7.60. The summed E-state index contributed by atoms with van der Waals surface area (Å²) in [5, 5.41) is 4.73. The Labute approximate surface area is 137 Å². The fraction of sp³-hybridized carbons (Fsp3) is 0.400. The van der Waals surface area contributed by atoms with Gasteiger partial charge in [-0.3, -0.25) is 14.4 Å². The Morgan fingerprint density at radius 1 is 1.17 bits per heavy atom. The number of halogens is 2. The van der Waals surface area contributed by atoms with E-state index in [0.717, 1.165) is 0 Å². The molecule has 132 valence electrons. The maximum absolute atomic E-state index is 12.3. The normalized spacial score (nSPS) is 10.4. The van der Waals surface area contributed by atoms with Gasteiger partial charge >= 0.3 is 12.6 Å². The number of hydrogen-bond acceptors (Lipinski definition) is 5. The number of ether oxygens (including phenoxy) is 2. The molecule has 0 aromatic heterocycles. The first-order valence-corrected chi connectivity index (χ1v) is 7.06. The van der Waals surface area contributed by atoms with Gasteiger partial charge in [-0.25, -0.2) is 0 Å². The van der Waals surface area contributed by atoms with E-state index in [1.807, 2.05) is 0 Å². The number of alkyl halides is 2. The summed E-state index contributed by atoms with van der Waals surface area (Å²) in [5.74, 6) is -2.40. The molecule has 7 nitrogen and oxygen atoms in total. The third-order valence-corrected chi connectivity index (χ3v) is 2.55. The summed E-state index contributed by atoms with van der Waals surface area (Å²) in [6.45, 7) is -0.574. The number of carbonyl (C=O) groups is 3. The number of carbonyl (C=O) groups excluding carboxylic acids is 3. The van der Waals surface area contributed by atoms with Gasteiger partial charge in [-0.15, -0.1) is 0 Å². The molecule has 9 heteroatoms. The van der Waals surface area contributed by atoms with Crippen molar-refractivity contribution >= 4 is 17.8 Å². The largest absolute Gasteiger partial charge is 0.454 e. The summed E-state index contributed by atoms with van der Waals surface area (Å²) in [4.78, 5) is 34.7. The first-order valence-electron chi connectivity index (χ1n) is 7.06. The van der Waals surface area contributed by atoms with Crippen molar-refractivity contribution in [1.29, 1.82) is 0 Å². The molecule has 2 N–H and O–H groups in total. The molecule has 0 radical (unpaired) electrons. The molecule has 0 saturated carbocycles. The third-order valence-electron chi connectivity index (χ3n) is 2.55. The van der Waals surface area contributed by atoms with Crippen LogP contribution in [-0.2, 0) is 14.3 Å². The minimum absolute atomic E-state index is 0.0951. The molecule has 2 amide bonds. The number of para-hydroxylation sites is 1. The van der Waals surface area contributed by atoms with Crippen molar-refractivity contribution in [3.05, 3.63) is 29.8 Å². The molecule has 0 aliphatic carbocycles. The van der Waals surface area contributed by atoms with Gasteiger partial charge in [0.1, 0.15) is 12.3 Å². The van der Waals surface area contributed by atoms with E-state index in [2.05, 4.69) is 20.1 Å². The lowest BCUT2D eigenvalue weighted by molar-refractivity contribution is -0.147. The number of nitrogens with one attached hydrogen (secondary N) is 2. The van der Waals surface area contributed by atoms with E-state index in [1.165, 1.54) is 24.3 Å². The van der Waals surface area contributed by atoms with Crippen molar-refractivity contribution in [2.75, 3.05) is 13.2 Å². The minimum atomic E-state index is -3.08. The predicted molar refractivity (Wildman–Crippen MR) is 79.6 cm³/mol. The van der Waals surface area contributed by atoms with Crippen LogP contribution in [0.5, 0.6) is 5.75 Å². The predicted octanol–water partition coefficient (Wildman–Crippen LogP) is 1.09. The Bertz CT molecular complexity index is 593. The Morgan fingerprint density at radius 3 is 2.46 bits per heavy atom. The van der Waals surface area contributed by atoms with Crippen LogP contribution in [0.3, 0.4) is 0 Å². The topological polar surface area (TPSA) is 93.7 Å². The molecule has 0 aliphatic rings. The maximum atomic E-state index is 12.3. The summed E-state index contributed by atoms with van der Waals surface area (Å²) >= 11 is 0. The third kappa shape index (κ3) is 7.03. The summed E-state index contributed by atoms with van der Waals surface area (Å²) in [6, 6.07) is 5.27. The molecule has 1 rings (SSSR count). The smallest absolute Gasteiger partial charge is 0.387 e. The molecule has 1 aromatic rings. The highest BCUT2D eigenvalue weighted by atomic mass is 19.3. The van der Waals surface area contributed by atoms with Crippen molar-refractivity contribution in [1.82, 2.24) is 10.6 Å². The van der Waals surface area contributed by atoms with Gasteiger partial charge in [0, 0.05) is 6.04 Å².